The monoisotopic (exact) mass is 431 g/mol. The molecule has 0 unspecified atom stereocenters. The Labute approximate surface area is 176 Å². The highest BCUT2D eigenvalue weighted by molar-refractivity contribution is 6.03. The highest BCUT2D eigenvalue weighted by Gasteiger charge is 2.19. The van der Waals surface area contributed by atoms with Crippen LogP contribution in [0.25, 0.3) is 0 Å². The van der Waals surface area contributed by atoms with Crippen LogP contribution in [0.3, 0.4) is 0 Å². The molecule has 0 saturated carbocycles. The second-order valence-corrected chi connectivity index (χ2v) is 6.41. The number of hydrogen-bond acceptors (Lipinski definition) is 6. The Morgan fingerprint density at radius 3 is 2.26 bits per heavy atom. The van der Waals surface area contributed by atoms with Gasteiger partial charge in [0.25, 0.3) is 5.91 Å². The van der Waals surface area contributed by atoms with Gasteiger partial charge < -0.3 is 20.1 Å². The van der Waals surface area contributed by atoms with E-state index in [9.17, 15) is 18.4 Å². The fourth-order valence-corrected chi connectivity index (χ4v) is 2.70. The first-order valence-electron chi connectivity index (χ1n) is 9.00. The van der Waals surface area contributed by atoms with Gasteiger partial charge in [-0.3, -0.25) is 9.59 Å². The van der Waals surface area contributed by atoms with Crippen LogP contribution in [-0.4, -0.2) is 41.0 Å². The number of amides is 2. The van der Waals surface area contributed by atoms with Crippen LogP contribution in [0.1, 0.15) is 16.2 Å². The lowest BCUT2D eigenvalue weighted by molar-refractivity contribution is -0.117. The summed E-state index contributed by atoms with van der Waals surface area (Å²) in [5.74, 6) is -2.21. The van der Waals surface area contributed by atoms with E-state index in [0.717, 1.165) is 12.1 Å². The highest BCUT2D eigenvalue weighted by Crippen LogP contribution is 2.25. The molecule has 1 heterocycles. The summed E-state index contributed by atoms with van der Waals surface area (Å²) in [6.07, 6.45) is 0. The molecule has 3 rings (SSSR count). The number of carbonyl (C=O) groups is 2. The summed E-state index contributed by atoms with van der Waals surface area (Å²) in [7, 11) is 2.98. The van der Waals surface area contributed by atoms with Crippen molar-refractivity contribution in [2.75, 3.05) is 24.9 Å². The SMILES string of the molecule is COc1cc(NC(=O)Cn2nnc(C(=O)Nc3ccc(F)c(F)c3)c2C)cc(OC)c1. The average molecular weight is 431 g/mol. The molecule has 0 spiro atoms. The minimum Gasteiger partial charge on any atom is -0.497 e. The third-order valence-corrected chi connectivity index (χ3v) is 4.30. The van der Waals surface area contributed by atoms with Crippen LogP contribution in [0.4, 0.5) is 20.2 Å². The standard InChI is InChI=1S/C20H19F2N5O4/c1-11-19(20(29)24-12-4-5-16(21)17(22)8-12)25-26-27(11)10-18(28)23-13-6-14(30-2)9-15(7-13)31-3/h4-9H,10H2,1-3H3,(H,23,28)(H,24,29). The van der Waals surface area contributed by atoms with Crippen LogP contribution in [0.15, 0.2) is 36.4 Å². The van der Waals surface area contributed by atoms with Crippen molar-refractivity contribution < 1.29 is 27.8 Å². The van der Waals surface area contributed by atoms with Crippen molar-refractivity contribution in [3.05, 3.63) is 59.4 Å². The number of ether oxygens (including phenoxy) is 2. The lowest BCUT2D eigenvalue weighted by Gasteiger charge is -2.10. The predicted molar refractivity (Wildman–Crippen MR) is 107 cm³/mol. The van der Waals surface area contributed by atoms with Crippen molar-refractivity contribution in [2.45, 2.75) is 13.5 Å². The minimum absolute atomic E-state index is 0.0550. The normalized spacial score (nSPS) is 10.5. The summed E-state index contributed by atoms with van der Waals surface area (Å²) >= 11 is 0. The van der Waals surface area contributed by atoms with Crippen molar-refractivity contribution in [3.63, 3.8) is 0 Å². The summed E-state index contributed by atoms with van der Waals surface area (Å²) < 4.78 is 37.9. The first-order chi connectivity index (χ1) is 14.8. The van der Waals surface area contributed by atoms with E-state index in [1.807, 2.05) is 0 Å². The van der Waals surface area contributed by atoms with Crippen molar-refractivity contribution >= 4 is 23.2 Å². The van der Waals surface area contributed by atoms with Crippen LogP contribution in [0.5, 0.6) is 11.5 Å². The van der Waals surface area contributed by atoms with Gasteiger partial charge in [-0.05, 0) is 19.1 Å². The van der Waals surface area contributed by atoms with Gasteiger partial charge in [0.15, 0.2) is 17.3 Å². The Morgan fingerprint density at radius 1 is 0.968 bits per heavy atom. The summed E-state index contributed by atoms with van der Waals surface area (Å²) in [4.78, 5) is 24.8. The molecular weight excluding hydrogens is 412 g/mol. The van der Waals surface area contributed by atoms with Crippen LogP contribution in [-0.2, 0) is 11.3 Å². The Hall–Kier alpha value is -4.02. The van der Waals surface area contributed by atoms with Gasteiger partial charge in [-0.1, -0.05) is 5.21 Å². The number of anilines is 2. The van der Waals surface area contributed by atoms with Crippen LogP contribution >= 0.6 is 0 Å². The zero-order valence-corrected chi connectivity index (χ0v) is 16.9. The molecule has 0 aliphatic rings. The number of halogens is 2. The molecule has 0 atom stereocenters. The molecule has 2 amide bonds. The maximum atomic E-state index is 13.3. The van der Waals surface area contributed by atoms with Gasteiger partial charge in [-0.15, -0.1) is 5.10 Å². The third kappa shape index (κ3) is 5.13. The largest absolute Gasteiger partial charge is 0.497 e. The second-order valence-electron chi connectivity index (χ2n) is 6.41. The van der Waals surface area contributed by atoms with Crippen molar-refractivity contribution in [3.8, 4) is 11.5 Å². The predicted octanol–water partition coefficient (Wildman–Crippen LogP) is 2.77. The van der Waals surface area contributed by atoms with E-state index in [1.54, 1.807) is 25.1 Å². The van der Waals surface area contributed by atoms with E-state index in [2.05, 4.69) is 20.9 Å². The minimum atomic E-state index is -1.09. The fourth-order valence-electron chi connectivity index (χ4n) is 2.70. The zero-order valence-electron chi connectivity index (χ0n) is 16.9. The molecule has 2 aromatic carbocycles. The van der Waals surface area contributed by atoms with E-state index in [-0.39, 0.29) is 17.9 Å². The molecular formula is C20H19F2N5O4. The molecule has 0 aliphatic carbocycles. The van der Waals surface area contributed by atoms with Gasteiger partial charge >= 0.3 is 0 Å². The van der Waals surface area contributed by atoms with Crippen LogP contribution < -0.4 is 20.1 Å². The van der Waals surface area contributed by atoms with Gasteiger partial charge in [-0.25, -0.2) is 13.5 Å². The molecule has 0 saturated heterocycles. The molecule has 31 heavy (non-hydrogen) atoms. The quantitative estimate of drug-likeness (QED) is 0.596. The Morgan fingerprint density at radius 2 is 1.65 bits per heavy atom. The third-order valence-electron chi connectivity index (χ3n) is 4.30. The Bertz CT molecular complexity index is 1110. The van der Waals surface area contributed by atoms with Gasteiger partial charge in [-0.2, -0.15) is 0 Å². The molecule has 0 bridgehead atoms. The van der Waals surface area contributed by atoms with E-state index in [0.29, 0.717) is 22.9 Å². The van der Waals surface area contributed by atoms with Gasteiger partial charge in [0, 0.05) is 35.6 Å². The zero-order chi connectivity index (χ0) is 22.5. The van der Waals surface area contributed by atoms with Crippen molar-refractivity contribution in [1.82, 2.24) is 15.0 Å². The maximum absolute atomic E-state index is 13.3. The number of aromatic nitrogens is 3. The molecule has 2 N–H and O–H groups in total. The first kappa shape index (κ1) is 21.7. The van der Waals surface area contributed by atoms with Gasteiger partial charge in [0.2, 0.25) is 5.91 Å². The molecule has 162 valence electrons. The van der Waals surface area contributed by atoms with E-state index in [4.69, 9.17) is 9.47 Å². The number of hydrogen-bond donors (Lipinski definition) is 2. The summed E-state index contributed by atoms with van der Waals surface area (Å²) in [5.41, 5.74) is 0.775. The van der Waals surface area contributed by atoms with E-state index >= 15 is 0 Å². The summed E-state index contributed by atoms with van der Waals surface area (Å²) in [6.45, 7) is 1.35. The Balaban J connectivity index is 1.69. The summed E-state index contributed by atoms with van der Waals surface area (Å²) in [5, 5.41) is 12.7. The summed E-state index contributed by atoms with van der Waals surface area (Å²) in [6, 6.07) is 7.86. The Kier molecular flexibility index (Phi) is 6.43. The number of methoxy groups -OCH3 is 2. The number of nitrogens with zero attached hydrogens (tertiary/aromatic N) is 3. The van der Waals surface area contributed by atoms with E-state index in [1.165, 1.54) is 25.0 Å². The number of nitrogens with one attached hydrogen (secondary N) is 2. The molecule has 1 aromatic heterocycles. The lowest BCUT2D eigenvalue weighted by Crippen LogP contribution is -2.21. The van der Waals surface area contributed by atoms with Crippen molar-refractivity contribution in [2.24, 2.45) is 0 Å². The second kappa shape index (κ2) is 9.20. The topological polar surface area (TPSA) is 107 Å². The molecule has 9 nitrogen and oxygen atoms in total. The van der Waals surface area contributed by atoms with Crippen molar-refractivity contribution in [1.29, 1.82) is 0 Å². The fraction of sp³-hybridized carbons (Fsp3) is 0.200. The smallest absolute Gasteiger partial charge is 0.278 e. The maximum Gasteiger partial charge on any atom is 0.278 e. The number of carbonyl (C=O) groups excluding carboxylic acids is 2. The number of rotatable bonds is 7. The molecule has 11 heteroatoms. The van der Waals surface area contributed by atoms with Crippen LogP contribution in [0, 0.1) is 18.6 Å². The van der Waals surface area contributed by atoms with Gasteiger partial charge in [0.05, 0.1) is 19.9 Å². The van der Waals surface area contributed by atoms with E-state index < -0.39 is 23.4 Å². The molecule has 0 aliphatic heterocycles. The molecule has 0 radical (unpaired) electrons. The average Bonchev–Trinajstić information content (AvgIpc) is 3.10. The molecule has 3 aromatic rings. The molecule has 0 fully saturated rings. The van der Waals surface area contributed by atoms with Crippen LogP contribution in [0.2, 0.25) is 0 Å². The van der Waals surface area contributed by atoms with Gasteiger partial charge in [0.1, 0.15) is 18.0 Å². The number of benzene rings is 2. The highest BCUT2D eigenvalue weighted by atomic mass is 19.2. The lowest BCUT2D eigenvalue weighted by atomic mass is 10.2. The first-order valence-corrected chi connectivity index (χ1v) is 9.00.